The Bertz CT molecular complexity index is 1280. The Morgan fingerprint density at radius 1 is 1.19 bits per heavy atom. The molecule has 3 aromatic rings. The van der Waals surface area contributed by atoms with Crippen molar-refractivity contribution in [3.63, 3.8) is 0 Å². The molecule has 4 N–H and O–H groups in total. The summed E-state index contributed by atoms with van der Waals surface area (Å²) in [5.74, 6) is 0.185. The lowest BCUT2D eigenvalue weighted by Crippen LogP contribution is -2.58. The molecule has 12 heteroatoms. The molecule has 0 radical (unpaired) electrons. The number of aliphatic hydroxyl groups excluding tert-OH is 1. The van der Waals surface area contributed by atoms with Crippen molar-refractivity contribution in [2.45, 2.75) is 56.3 Å². The molecule has 2 unspecified atom stereocenters. The fraction of sp³-hybridized carbons (Fsp3) is 0.480. The third-order valence-electron chi connectivity index (χ3n) is 7.16. The number of rotatable bonds is 8. The van der Waals surface area contributed by atoms with Crippen molar-refractivity contribution >= 4 is 22.8 Å². The molecule has 2 aromatic heterocycles. The molecule has 9 nitrogen and oxygen atoms in total. The van der Waals surface area contributed by atoms with Gasteiger partial charge >= 0.3 is 6.18 Å². The number of nitrogens with two attached hydrogens (primary N) is 1. The molecule has 2 atom stereocenters. The molecule has 2 fully saturated rings. The van der Waals surface area contributed by atoms with Crippen LogP contribution in [-0.4, -0.2) is 72.9 Å². The second kappa shape index (κ2) is 9.58. The number of benzene rings is 1. The van der Waals surface area contributed by atoms with Crippen molar-refractivity contribution in [2.75, 3.05) is 24.5 Å². The SMILES string of the molecule is NC(=O)CN1CCC(O)(Cn2ccc3c(N(Cc4ccc(C(F)(F)F)cc4)C4CC4)ncnc32)C(O)C1. The maximum Gasteiger partial charge on any atom is 0.416 e. The number of primary amides is 1. The van der Waals surface area contributed by atoms with Crippen LogP contribution in [0.3, 0.4) is 0 Å². The van der Waals surface area contributed by atoms with Crippen molar-refractivity contribution in [2.24, 2.45) is 5.73 Å². The summed E-state index contributed by atoms with van der Waals surface area (Å²) in [5.41, 5.74) is 4.48. The van der Waals surface area contributed by atoms with Crippen molar-refractivity contribution in [3.05, 3.63) is 54.0 Å². The number of piperidine rings is 1. The number of carbonyl (C=O) groups is 1. The lowest BCUT2D eigenvalue weighted by Gasteiger charge is -2.42. The number of hydrogen-bond acceptors (Lipinski definition) is 7. The van der Waals surface area contributed by atoms with Gasteiger partial charge in [0.25, 0.3) is 0 Å². The first-order chi connectivity index (χ1) is 17.5. The molecule has 0 spiro atoms. The third-order valence-corrected chi connectivity index (χ3v) is 7.16. The molecule has 3 heterocycles. The van der Waals surface area contributed by atoms with Crippen LogP contribution in [-0.2, 0) is 24.1 Å². The summed E-state index contributed by atoms with van der Waals surface area (Å²) < 4.78 is 40.7. The van der Waals surface area contributed by atoms with E-state index < -0.39 is 29.4 Å². The van der Waals surface area contributed by atoms with Gasteiger partial charge in [-0.15, -0.1) is 0 Å². The Hall–Kier alpha value is -3.22. The van der Waals surface area contributed by atoms with Gasteiger partial charge in [0, 0.05) is 31.9 Å². The Morgan fingerprint density at radius 3 is 2.54 bits per heavy atom. The van der Waals surface area contributed by atoms with Crippen LogP contribution >= 0.6 is 0 Å². The number of aliphatic hydroxyl groups is 2. The highest BCUT2D eigenvalue weighted by atomic mass is 19.4. The first-order valence-corrected chi connectivity index (χ1v) is 12.2. The van der Waals surface area contributed by atoms with Gasteiger partial charge in [0.2, 0.25) is 5.91 Å². The molecule has 5 rings (SSSR count). The average Bonchev–Trinajstić information content (AvgIpc) is 3.60. The minimum atomic E-state index is -4.38. The van der Waals surface area contributed by atoms with Crippen LogP contribution in [0.4, 0.5) is 19.0 Å². The maximum absolute atomic E-state index is 13.0. The van der Waals surface area contributed by atoms with Crippen molar-refractivity contribution in [1.82, 2.24) is 19.4 Å². The number of β-amino-alcohol motifs (C(OH)–C–C–N with tert-alkyl or cyclic N) is 1. The highest BCUT2D eigenvalue weighted by Crippen LogP contribution is 2.37. The number of likely N-dealkylation sites (tertiary alicyclic amines) is 1. The molecule has 1 aliphatic carbocycles. The Morgan fingerprint density at radius 2 is 1.92 bits per heavy atom. The van der Waals surface area contributed by atoms with E-state index in [-0.39, 0.29) is 32.1 Å². The summed E-state index contributed by atoms with van der Waals surface area (Å²) >= 11 is 0. The maximum atomic E-state index is 13.0. The summed E-state index contributed by atoms with van der Waals surface area (Å²) in [5, 5.41) is 22.7. The van der Waals surface area contributed by atoms with Crippen LogP contribution in [0.2, 0.25) is 0 Å². The van der Waals surface area contributed by atoms with E-state index in [1.807, 2.05) is 6.07 Å². The molecule has 1 saturated heterocycles. The molecular weight excluding hydrogens is 489 g/mol. The predicted molar refractivity (Wildman–Crippen MR) is 129 cm³/mol. The van der Waals surface area contributed by atoms with Crippen LogP contribution in [0.1, 0.15) is 30.4 Å². The Kier molecular flexibility index (Phi) is 6.59. The Balaban J connectivity index is 1.37. The van der Waals surface area contributed by atoms with E-state index in [2.05, 4.69) is 14.9 Å². The quantitative estimate of drug-likeness (QED) is 0.417. The first-order valence-electron chi connectivity index (χ1n) is 12.2. The van der Waals surface area contributed by atoms with Gasteiger partial charge in [-0.05, 0) is 43.0 Å². The summed E-state index contributed by atoms with van der Waals surface area (Å²) in [6, 6.07) is 7.24. The van der Waals surface area contributed by atoms with Gasteiger partial charge in [-0.25, -0.2) is 9.97 Å². The number of nitrogens with zero attached hydrogens (tertiary/aromatic N) is 5. The number of alkyl halides is 3. The molecule has 37 heavy (non-hydrogen) atoms. The molecule has 198 valence electrons. The van der Waals surface area contributed by atoms with Gasteiger partial charge in [-0.2, -0.15) is 13.2 Å². The van der Waals surface area contributed by atoms with Crippen LogP contribution in [0.5, 0.6) is 0 Å². The van der Waals surface area contributed by atoms with Crippen molar-refractivity contribution in [3.8, 4) is 0 Å². The molecule has 0 bridgehead atoms. The van der Waals surface area contributed by atoms with E-state index in [1.165, 1.54) is 18.5 Å². The standard InChI is InChI=1S/C25H29F3N6O3/c26-25(27,28)17-3-1-16(2-4-17)11-34(18-5-6-18)23-19-7-9-33(22(19)30-15-31-23)14-24(37)8-10-32(12-20(24)35)13-21(29)36/h1-4,7,9,15,18,20,35,37H,5-6,8,10-14H2,(H2,29,36). The number of carbonyl (C=O) groups excluding carboxylic acids is 1. The van der Waals surface area contributed by atoms with E-state index in [9.17, 15) is 28.2 Å². The monoisotopic (exact) mass is 518 g/mol. The molecule has 1 saturated carbocycles. The highest BCUT2D eigenvalue weighted by Gasteiger charge is 2.41. The zero-order valence-corrected chi connectivity index (χ0v) is 20.1. The third kappa shape index (κ3) is 5.41. The molecule has 1 amide bonds. The average molecular weight is 519 g/mol. The van der Waals surface area contributed by atoms with Gasteiger partial charge in [0.1, 0.15) is 23.4 Å². The topological polar surface area (TPSA) is 121 Å². The lowest BCUT2D eigenvalue weighted by atomic mass is 9.88. The van der Waals surface area contributed by atoms with Crippen molar-refractivity contribution in [1.29, 1.82) is 0 Å². The largest absolute Gasteiger partial charge is 0.416 e. The zero-order valence-electron chi connectivity index (χ0n) is 20.1. The summed E-state index contributed by atoms with van der Waals surface area (Å²) in [6.07, 6.45) is -0.0739. The Labute approximate surface area is 211 Å². The fourth-order valence-electron chi connectivity index (χ4n) is 4.97. The van der Waals surface area contributed by atoms with Gasteiger partial charge in [0.15, 0.2) is 0 Å². The summed E-state index contributed by atoms with van der Waals surface area (Å²) in [6.45, 7) is 1.06. The summed E-state index contributed by atoms with van der Waals surface area (Å²) in [7, 11) is 0. The number of fused-ring (bicyclic) bond motifs is 1. The predicted octanol–water partition coefficient (Wildman–Crippen LogP) is 1.90. The fourth-order valence-corrected chi connectivity index (χ4v) is 4.97. The number of aromatic nitrogens is 3. The number of hydrogen-bond donors (Lipinski definition) is 3. The smallest absolute Gasteiger partial charge is 0.389 e. The highest BCUT2D eigenvalue weighted by molar-refractivity contribution is 5.88. The van der Waals surface area contributed by atoms with Gasteiger partial charge in [0.05, 0.1) is 30.1 Å². The first kappa shape index (κ1) is 25.4. The van der Waals surface area contributed by atoms with E-state index in [4.69, 9.17) is 5.73 Å². The van der Waals surface area contributed by atoms with E-state index >= 15 is 0 Å². The van der Waals surface area contributed by atoms with Crippen LogP contribution in [0, 0.1) is 0 Å². The minimum absolute atomic E-state index is 0.0199. The normalized spacial score (nSPS) is 22.9. The number of halogens is 3. The minimum Gasteiger partial charge on any atom is -0.389 e. The lowest BCUT2D eigenvalue weighted by molar-refractivity contribution is -0.137. The molecular formula is C25H29F3N6O3. The van der Waals surface area contributed by atoms with Crippen molar-refractivity contribution < 1.29 is 28.2 Å². The van der Waals surface area contributed by atoms with Gasteiger partial charge < -0.3 is 25.4 Å². The zero-order chi connectivity index (χ0) is 26.4. The number of anilines is 1. The second-order valence-corrected chi connectivity index (χ2v) is 10.0. The van der Waals surface area contributed by atoms with E-state index in [0.29, 0.717) is 24.6 Å². The molecule has 1 aromatic carbocycles. The molecule has 2 aliphatic rings. The van der Waals surface area contributed by atoms with Gasteiger partial charge in [-0.3, -0.25) is 9.69 Å². The number of amides is 1. The van der Waals surface area contributed by atoms with Gasteiger partial charge in [-0.1, -0.05) is 12.1 Å². The van der Waals surface area contributed by atoms with Crippen LogP contribution in [0.25, 0.3) is 11.0 Å². The second-order valence-electron chi connectivity index (χ2n) is 10.0. The van der Waals surface area contributed by atoms with Crippen LogP contribution < -0.4 is 10.6 Å². The van der Waals surface area contributed by atoms with E-state index in [0.717, 1.165) is 35.9 Å². The van der Waals surface area contributed by atoms with Crippen LogP contribution in [0.15, 0.2) is 42.9 Å². The summed E-state index contributed by atoms with van der Waals surface area (Å²) in [4.78, 5) is 23.9. The van der Waals surface area contributed by atoms with E-state index in [1.54, 1.807) is 15.7 Å². The molecule has 1 aliphatic heterocycles.